The highest BCUT2D eigenvalue weighted by atomic mass is 32.1. The molecule has 0 aliphatic heterocycles. The molecule has 0 aliphatic carbocycles. The summed E-state index contributed by atoms with van der Waals surface area (Å²) in [4.78, 5) is 31.5. The molecule has 0 spiro atoms. The Bertz CT molecular complexity index is 2400. The van der Waals surface area contributed by atoms with Crippen LogP contribution in [-0.2, 0) is 20.1 Å². The van der Waals surface area contributed by atoms with Gasteiger partial charge in [-0.15, -0.1) is 0 Å². The number of halogens is 2. The standard InChI is InChI=1S/C36H27F2N5O5S/c1-43-31-18-25(12-14-30(31)39-33(43)19-47-23-9-5-20(6-10-23)15-32-34(44)42-36(46)49-32)48-24-11-7-21-3-2-4-28(26(21)17-24)40-35(45)41-29-13-8-22(37)16-27(29)38/h2-14,16-18,44H,15,19H2,1H3,(H,42,46)(H2,40,41,45). The number of carbonyl (C=O) groups excluding carboxylic acids is 1. The fourth-order valence-electron chi connectivity index (χ4n) is 5.35. The van der Waals surface area contributed by atoms with Gasteiger partial charge in [-0.1, -0.05) is 41.7 Å². The first-order chi connectivity index (χ1) is 23.7. The number of benzene rings is 5. The highest BCUT2D eigenvalue weighted by Crippen LogP contribution is 2.32. The predicted molar refractivity (Wildman–Crippen MR) is 184 cm³/mol. The van der Waals surface area contributed by atoms with Gasteiger partial charge in [0.1, 0.15) is 41.3 Å². The molecule has 0 radical (unpaired) electrons. The van der Waals surface area contributed by atoms with Gasteiger partial charge in [-0.25, -0.2) is 18.6 Å². The number of aryl methyl sites for hydroxylation is 1. The Hall–Kier alpha value is -6.21. The maximum atomic E-state index is 14.1. The van der Waals surface area contributed by atoms with E-state index in [0.717, 1.165) is 45.5 Å². The molecule has 5 aromatic carbocycles. The number of carbonyl (C=O) groups is 1. The number of urea groups is 1. The van der Waals surface area contributed by atoms with Crippen LogP contribution < -0.4 is 25.0 Å². The SMILES string of the molecule is Cn1c(COc2ccc(Cc3sc(=O)[nH]c3O)cc2)nc2ccc(Oc3ccc4cccc(NC(=O)Nc5ccc(F)cc5F)c4c3)cc21. The second-order valence-corrected chi connectivity index (χ2v) is 12.2. The van der Waals surface area contributed by atoms with Crippen molar-refractivity contribution in [3.8, 4) is 23.1 Å². The zero-order valence-electron chi connectivity index (χ0n) is 25.8. The first-order valence-electron chi connectivity index (χ1n) is 15.0. The number of aromatic nitrogens is 3. The summed E-state index contributed by atoms with van der Waals surface area (Å²) in [6.45, 7) is 0.225. The number of anilines is 2. The number of imidazole rings is 1. The number of hydrogen-bond donors (Lipinski definition) is 4. The highest BCUT2D eigenvalue weighted by Gasteiger charge is 2.14. The Morgan fingerprint density at radius 1 is 0.918 bits per heavy atom. The number of ether oxygens (including phenoxy) is 2. The van der Waals surface area contributed by atoms with Crippen LogP contribution in [0.5, 0.6) is 23.1 Å². The molecule has 0 unspecified atom stereocenters. The van der Waals surface area contributed by atoms with E-state index >= 15 is 0 Å². The first-order valence-corrected chi connectivity index (χ1v) is 15.8. The lowest BCUT2D eigenvalue weighted by Gasteiger charge is -2.12. The quantitative estimate of drug-likeness (QED) is 0.122. The molecular weight excluding hydrogens is 652 g/mol. The average Bonchev–Trinajstić information content (AvgIpc) is 3.57. The Labute approximate surface area is 281 Å². The molecule has 246 valence electrons. The van der Waals surface area contributed by atoms with E-state index in [1.807, 2.05) is 72.3 Å². The van der Waals surface area contributed by atoms with Crippen LogP contribution in [0.1, 0.15) is 16.3 Å². The number of rotatable bonds is 9. The number of H-pyrrole nitrogens is 1. The molecule has 7 rings (SSSR count). The molecule has 0 aliphatic rings. The number of fused-ring (bicyclic) bond motifs is 2. The molecule has 0 saturated heterocycles. The number of hydrogen-bond acceptors (Lipinski definition) is 7. The fraction of sp³-hybridized carbons (Fsp3) is 0.0833. The van der Waals surface area contributed by atoms with E-state index in [9.17, 15) is 23.5 Å². The van der Waals surface area contributed by atoms with Crippen molar-refractivity contribution in [2.75, 3.05) is 10.6 Å². The summed E-state index contributed by atoms with van der Waals surface area (Å²) < 4.78 is 41.4. The van der Waals surface area contributed by atoms with Crippen molar-refractivity contribution >= 4 is 50.5 Å². The van der Waals surface area contributed by atoms with Crippen molar-refractivity contribution in [1.82, 2.24) is 14.5 Å². The molecule has 7 aromatic rings. The van der Waals surface area contributed by atoms with Crippen LogP contribution in [0, 0.1) is 11.6 Å². The van der Waals surface area contributed by atoms with Crippen molar-refractivity contribution in [3.05, 3.63) is 135 Å². The predicted octanol–water partition coefficient (Wildman–Crippen LogP) is 8.07. The molecule has 2 aromatic heterocycles. The van der Waals surface area contributed by atoms with Crippen LogP contribution in [0.25, 0.3) is 21.8 Å². The van der Waals surface area contributed by atoms with Crippen LogP contribution >= 0.6 is 11.3 Å². The summed E-state index contributed by atoms with van der Waals surface area (Å²) in [6, 6.07) is 26.1. The summed E-state index contributed by atoms with van der Waals surface area (Å²) in [5, 5.41) is 16.5. The lowest BCUT2D eigenvalue weighted by Crippen LogP contribution is -2.20. The third-order valence-corrected chi connectivity index (χ3v) is 8.69. The van der Waals surface area contributed by atoms with Gasteiger partial charge in [0.05, 0.1) is 27.3 Å². The number of aromatic hydroxyl groups is 1. The monoisotopic (exact) mass is 679 g/mol. The Balaban J connectivity index is 1.03. The van der Waals surface area contributed by atoms with Crippen molar-refractivity contribution in [2.45, 2.75) is 13.0 Å². The maximum Gasteiger partial charge on any atom is 0.323 e. The Kier molecular flexibility index (Phi) is 8.41. The van der Waals surface area contributed by atoms with E-state index in [-0.39, 0.29) is 23.0 Å². The zero-order valence-corrected chi connectivity index (χ0v) is 26.6. The Morgan fingerprint density at radius 2 is 1.67 bits per heavy atom. The normalized spacial score (nSPS) is 11.2. The molecule has 2 heterocycles. The van der Waals surface area contributed by atoms with E-state index in [1.165, 1.54) is 0 Å². The number of amides is 2. The number of aromatic amines is 1. The molecule has 0 atom stereocenters. The second-order valence-electron chi connectivity index (χ2n) is 11.1. The van der Waals surface area contributed by atoms with Gasteiger partial charge in [0.15, 0.2) is 0 Å². The maximum absolute atomic E-state index is 14.1. The number of nitrogens with zero attached hydrogens (tertiary/aromatic N) is 2. The topological polar surface area (TPSA) is 130 Å². The minimum Gasteiger partial charge on any atom is -0.494 e. The third kappa shape index (κ3) is 6.92. The minimum absolute atomic E-state index is 0.101. The lowest BCUT2D eigenvalue weighted by atomic mass is 10.1. The smallest absolute Gasteiger partial charge is 0.323 e. The molecule has 0 fully saturated rings. The van der Waals surface area contributed by atoms with Crippen LogP contribution in [0.2, 0.25) is 0 Å². The van der Waals surface area contributed by atoms with Crippen molar-refractivity contribution in [3.63, 3.8) is 0 Å². The van der Waals surface area contributed by atoms with Gasteiger partial charge >= 0.3 is 10.9 Å². The van der Waals surface area contributed by atoms with Gasteiger partial charge < -0.3 is 29.8 Å². The summed E-state index contributed by atoms with van der Waals surface area (Å²) >= 11 is 0.983. The summed E-state index contributed by atoms with van der Waals surface area (Å²) in [5.74, 6) is 0.739. The van der Waals surface area contributed by atoms with Crippen LogP contribution in [-0.4, -0.2) is 25.7 Å². The van der Waals surface area contributed by atoms with E-state index in [4.69, 9.17) is 14.5 Å². The molecule has 4 N–H and O–H groups in total. The second kappa shape index (κ2) is 13.1. The summed E-state index contributed by atoms with van der Waals surface area (Å²) in [5.41, 5.74) is 2.86. The van der Waals surface area contributed by atoms with Gasteiger partial charge in [0.25, 0.3) is 0 Å². The van der Waals surface area contributed by atoms with Gasteiger partial charge in [-0.05, 0) is 65.5 Å². The minimum atomic E-state index is -0.881. The molecule has 10 nitrogen and oxygen atoms in total. The van der Waals surface area contributed by atoms with Gasteiger partial charge in [-0.2, -0.15) is 0 Å². The van der Waals surface area contributed by atoms with Crippen molar-refractivity contribution in [2.24, 2.45) is 7.05 Å². The molecular formula is C36H27F2N5O5S. The third-order valence-electron chi connectivity index (χ3n) is 7.82. The largest absolute Gasteiger partial charge is 0.494 e. The van der Waals surface area contributed by atoms with Gasteiger partial charge in [0.2, 0.25) is 5.88 Å². The van der Waals surface area contributed by atoms with E-state index in [0.29, 0.717) is 51.5 Å². The first kappa shape index (κ1) is 31.4. The van der Waals surface area contributed by atoms with Crippen LogP contribution in [0.15, 0.2) is 102 Å². The highest BCUT2D eigenvalue weighted by molar-refractivity contribution is 7.09. The van der Waals surface area contributed by atoms with Gasteiger partial charge in [-0.3, -0.25) is 9.78 Å². The fourth-order valence-corrected chi connectivity index (χ4v) is 6.11. The summed E-state index contributed by atoms with van der Waals surface area (Å²) in [6.07, 6.45) is 0.431. The molecule has 49 heavy (non-hydrogen) atoms. The molecule has 2 amide bonds. The number of nitrogens with one attached hydrogen (secondary N) is 3. The van der Waals surface area contributed by atoms with E-state index in [1.54, 1.807) is 18.2 Å². The van der Waals surface area contributed by atoms with Crippen LogP contribution in [0.3, 0.4) is 0 Å². The van der Waals surface area contributed by atoms with Crippen molar-refractivity contribution < 1.29 is 28.2 Å². The summed E-state index contributed by atoms with van der Waals surface area (Å²) in [7, 11) is 1.90. The Morgan fingerprint density at radius 3 is 2.45 bits per heavy atom. The zero-order chi connectivity index (χ0) is 34.1. The van der Waals surface area contributed by atoms with Crippen LogP contribution in [0.4, 0.5) is 25.0 Å². The molecule has 13 heteroatoms. The lowest BCUT2D eigenvalue weighted by molar-refractivity contribution is 0.262. The average molecular weight is 680 g/mol. The molecule has 0 bridgehead atoms. The van der Waals surface area contributed by atoms with E-state index in [2.05, 4.69) is 15.6 Å². The van der Waals surface area contributed by atoms with E-state index < -0.39 is 17.7 Å². The van der Waals surface area contributed by atoms with Gasteiger partial charge in [0, 0.05) is 31.0 Å². The number of thiazole rings is 1. The molecule has 0 saturated carbocycles. The van der Waals surface area contributed by atoms with Crippen molar-refractivity contribution in [1.29, 1.82) is 0 Å².